The summed E-state index contributed by atoms with van der Waals surface area (Å²) in [5.41, 5.74) is 0.907. The summed E-state index contributed by atoms with van der Waals surface area (Å²) >= 11 is 0. The third kappa shape index (κ3) is 4.37. The zero-order chi connectivity index (χ0) is 18.0. The zero-order valence-corrected chi connectivity index (χ0v) is 16.5. The number of hydrogen-bond donors (Lipinski definition) is 1. The van der Waals surface area contributed by atoms with Crippen molar-refractivity contribution in [1.82, 2.24) is 0 Å². The third-order valence-electron chi connectivity index (χ3n) is 4.99. The van der Waals surface area contributed by atoms with Crippen molar-refractivity contribution in [3.8, 4) is 5.75 Å². The molecular weight excluding hydrogens is 324 g/mol. The molecule has 1 heterocycles. The van der Waals surface area contributed by atoms with Crippen LogP contribution in [0.5, 0.6) is 5.75 Å². The Hall–Kier alpha value is -0.923. The normalized spacial score (nSPS) is 25.0. The summed E-state index contributed by atoms with van der Waals surface area (Å²) in [7, 11) is -0.230. The van der Waals surface area contributed by atoms with E-state index in [9.17, 15) is 5.11 Å². The second kappa shape index (κ2) is 7.54. The summed E-state index contributed by atoms with van der Waals surface area (Å²) in [4.78, 5) is 0. The monoisotopic (exact) mass is 354 g/mol. The van der Waals surface area contributed by atoms with Crippen LogP contribution in [0, 0.1) is 0 Å². The van der Waals surface area contributed by atoms with Gasteiger partial charge in [0.05, 0.1) is 20.3 Å². The SMILES string of the molecule is COc1ccc(C2O[C@H](CO)[C@@H](CO[Si](C)(C)C(C)(C)C)O2)cc1. The number of rotatable bonds is 6. The Bertz CT molecular complexity index is 523. The van der Waals surface area contributed by atoms with Crippen LogP contribution in [0.15, 0.2) is 24.3 Å². The van der Waals surface area contributed by atoms with E-state index < -0.39 is 14.6 Å². The Balaban J connectivity index is 2.01. The van der Waals surface area contributed by atoms with Crippen LogP contribution < -0.4 is 4.74 Å². The lowest BCUT2D eigenvalue weighted by atomic mass is 10.2. The number of aliphatic hydroxyl groups is 1. The molecule has 1 aliphatic rings. The van der Waals surface area contributed by atoms with Crippen molar-refractivity contribution in [1.29, 1.82) is 0 Å². The van der Waals surface area contributed by atoms with Gasteiger partial charge in [-0.15, -0.1) is 0 Å². The molecule has 3 atom stereocenters. The Labute approximate surface area is 146 Å². The first-order valence-electron chi connectivity index (χ1n) is 8.37. The average Bonchev–Trinajstić information content (AvgIpc) is 2.95. The molecule has 1 aromatic carbocycles. The van der Waals surface area contributed by atoms with Crippen molar-refractivity contribution in [2.75, 3.05) is 20.3 Å². The van der Waals surface area contributed by atoms with E-state index in [2.05, 4.69) is 33.9 Å². The molecule has 1 unspecified atom stereocenters. The van der Waals surface area contributed by atoms with Crippen molar-refractivity contribution in [3.63, 3.8) is 0 Å². The lowest BCUT2D eigenvalue weighted by molar-refractivity contribution is -0.0766. The number of benzene rings is 1. The average molecular weight is 355 g/mol. The fourth-order valence-electron chi connectivity index (χ4n) is 2.26. The molecule has 0 radical (unpaired) electrons. The smallest absolute Gasteiger partial charge is 0.192 e. The predicted molar refractivity (Wildman–Crippen MR) is 95.7 cm³/mol. The van der Waals surface area contributed by atoms with Crippen molar-refractivity contribution in [2.24, 2.45) is 0 Å². The van der Waals surface area contributed by atoms with Gasteiger partial charge >= 0.3 is 0 Å². The minimum Gasteiger partial charge on any atom is -0.497 e. The van der Waals surface area contributed by atoms with Crippen LogP contribution in [-0.2, 0) is 13.9 Å². The predicted octanol–water partition coefficient (Wildman–Crippen LogP) is 3.49. The van der Waals surface area contributed by atoms with Crippen molar-refractivity contribution in [2.45, 2.75) is 57.4 Å². The van der Waals surface area contributed by atoms with Gasteiger partial charge in [-0.2, -0.15) is 0 Å². The van der Waals surface area contributed by atoms with Gasteiger partial charge in [0.25, 0.3) is 0 Å². The van der Waals surface area contributed by atoms with Crippen molar-refractivity contribution < 1.29 is 23.7 Å². The lowest BCUT2D eigenvalue weighted by Gasteiger charge is -2.37. The van der Waals surface area contributed by atoms with E-state index in [4.69, 9.17) is 18.6 Å². The van der Waals surface area contributed by atoms with Gasteiger partial charge in [-0.3, -0.25) is 0 Å². The third-order valence-corrected chi connectivity index (χ3v) is 9.49. The van der Waals surface area contributed by atoms with E-state index in [0.717, 1.165) is 11.3 Å². The highest BCUT2D eigenvalue weighted by atomic mass is 28.4. The maximum absolute atomic E-state index is 9.60. The quantitative estimate of drug-likeness (QED) is 0.793. The number of methoxy groups -OCH3 is 1. The van der Waals surface area contributed by atoms with Crippen LogP contribution in [0.2, 0.25) is 18.1 Å². The minimum absolute atomic E-state index is 0.0851. The van der Waals surface area contributed by atoms with Crippen molar-refractivity contribution >= 4 is 8.32 Å². The fraction of sp³-hybridized carbons (Fsp3) is 0.667. The molecule has 6 heteroatoms. The van der Waals surface area contributed by atoms with Crippen LogP contribution in [0.1, 0.15) is 32.6 Å². The summed E-state index contributed by atoms with van der Waals surface area (Å²) in [6.07, 6.45) is -1.13. The highest BCUT2D eigenvalue weighted by Gasteiger charge is 2.41. The Morgan fingerprint density at radius 2 is 1.67 bits per heavy atom. The Morgan fingerprint density at radius 1 is 1.08 bits per heavy atom. The molecular formula is C18H30O5Si. The number of ether oxygens (including phenoxy) is 3. The molecule has 1 saturated heterocycles. The summed E-state index contributed by atoms with van der Waals surface area (Å²) in [5, 5.41) is 9.74. The van der Waals surface area contributed by atoms with E-state index >= 15 is 0 Å². The first kappa shape index (κ1) is 19.4. The highest BCUT2D eigenvalue weighted by molar-refractivity contribution is 6.74. The molecule has 0 spiro atoms. The van der Waals surface area contributed by atoms with Crippen LogP contribution in [-0.4, -0.2) is 46.0 Å². The van der Waals surface area contributed by atoms with Gasteiger partial charge in [-0.05, 0) is 30.3 Å². The largest absolute Gasteiger partial charge is 0.497 e. The molecule has 2 rings (SSSR count). The molecule has 0 saturated carbocycles. The summed E-state index contributed by atoms with van der Waals surface area (Å²) in [6.45, 7) is 11.4. The van der Waals surface area contributed by atoms with E-state index in [1.54, 1.807) is 7.11 Å². The lowest BCUT2D eigenvalue weighted by Crippen LogP contribution is -2.44. The molecule has 0 aliphatic carbocycles. The Kier molecular flexibility index (Phi) is 6.09. The minimum atomic E-state index is -1.86. The number of aliphatic hydroxyl groups excluding tert-OH is 1. The van der Waals surface area contributed by atoms with Gasteiger partial charge in [0.2, 0.25) is 0 Å². The van der Waals surface area contributed by atoms with Crippen LogP contribution in [0.3, 0.4) is 0 Å². The van der Waals surface area contributed by atoms with Crippen molar-refractivity contribution in [3.05, 3.63) is 29.8 Å². The first-order chi connectivity index (χ1) is 11.2. The summed E-state index contributed by atoms with van der Waals surface area (Å²) < 4.78 is 23.3. The summed E-state index contributed by atoms with van der Waals surface area (Å²) in [6, 6.07) is 7.56. The highest BCUT2D eigenvalue weighted by Crippen LogP contribution is 2.38. The van der Waals surface area contributed by atoms with Gasteiger partial charge in [-0.1, -0.05) is 32.9 Å². The van der Waals surface area contributed by atoms with Gasteiger partial charge in [0.1, 0.15) is 18.0 Å². The molecule has 1 aliphatic heterocycles. The maximum Gasteiger partial charge on any atom is 0.192 e. The second-order valence-electron chi connectivity index (χ2n) is 7.71. The Morgan fingerprint density at radius 3 is 2.17 bits per heavy atom. The molecule has 0 bridgehead atoms. The molecule has 1 N–H and O–H groups in total. The van der Waals surface area contributed by atoms with Gasteiger partial charge in [-0.25, -0.2) is 0 Å². The van der Waals surface area contributed by atoms with Crippen LogP contribution >= 0.6 is 0 Å². The molecule has 1 fully saturated rings. The molecule has 0 aromatic heterocycles. The maximum atomic E-state index is 9.60. The molecule has 5 nitrogen and oxygen atoms in total. The van der Waals surface area contributed by atoms with Gasteiger partial charge < -0.3 is 23.7 Å². The van der Waals surface area contributed by atoms with E-state index in [-0.39, 0.29) is 23.9 Å². The number of hydrogen-bond acceptors (Lipinski definition) is 5. The van der Waals surface area contributed by atoms with E-state index in [0.29, 0.717) is 6.61 Å². The van der Waals surface area contributed by atoms with Crippen LogP contribution in [0.25, 0.3) is 0 Å². The molecule has 136 valence electrons. The van der Waals surface area contributed by atoms with Gasteiger partial charge in [0, 0.05) is 5.56 Å². The zero-order valence-electron chi connectivity index (χ0n) is 15.5. The molecule has 24 heavy (non-hydrogen) atoms. The second-order valence-corrected chi connectivity index (χ2v) is 12.5. The summed E-state index contributed by atoms with van der Waals surface area (Å²) in [5.74, 6) is 0.785. The van der Waals surface area contributed by atoms with E-state index in [1.165, 1.54) is 0 Å². The standard InChI is InChI=1S/C18H30O5Si/c1-18(2,3)24(5,6)21-12-16-15(11-19)22-17(23-16)13-7-9-14(20-4)10-8-13/h7-10,15-17,19H,11-12H2,1-6H3/t15-,16-,17?/m1/s1. The van der Waals surface area contributed by atoms with Gasteiger partial charge in [0.15, 0.2) is 14.6 Å². The molecule has 0 amide bonds. The van der Waals surface area contributed by atoms with E-state index in [1.807, 2.05) is 24.3 Å². The topological polar surface area (TPSA) is 57.2 Å². The van der Waals surface area contributed by atoms with Crippen LogP contribution in [0.4, 0.5) is 0 Å². The molecule has 1 aromatic rings. The fourth-order valence-corrected chi connectivity index (χ4v) is 3.27. The first-order valence-corrected chi connectivity index (χ1v) is 11.3.